The highest BCUT2D eigenvalue weighted by atomic mass is 32.2. The molecule has 22 heavy (non-hydrogen) atoms. The average molecular weight is 306 g/mol. The predicted octanol–water partition coefficient (Wildman–Crippen LogP) is 4.95. The SMILES string of the molecule is c1cncc(CNc2ccc3c(c2)Oc2ccccc2S3)c1. The smallest absolute Gasteiger partial charge is 0.143 e. The Morgan fingerprint density at radius 2 is 1.86 bits per heavy atom. The molecule has 2 heterocycles. The summed E-state index contributed by atoms with van der Waals surface area (Å²) in [6.07, 6.45) is 3.65. The minimum atomic E-state index is 0.746. The molecule has 0 saturated carbocycles. The van der Waals surface area contributed by atoms with Crippen LogP contribution in [-0.4, -0.2) is 4.98 Å². The first-order chi connectivity index (χ1) is 10.9. The lowest BCUT2D eigenvalue weighted by Crippen LogP contribution is -2.01. The van der Waals surface area contributed by atoms with E-state index < -0.39 is 0 Å². The van der Waals surface area contributed by atoms with Crippen molar-refractivity contribution in [2.45, 2.75) is 16.3 Å². The maximum absolute atomic E-state index is 6.00. The van der Waals surface area contributed by atoms with Gasteiger partial charge in [0.05, 0.1) is 9.79 Å². The summed E-state index contributed by atoms with van der Waals surface area (Å²) in [7, 11) is 0. The van der Waals surface area contributed by atoms with Crippen molar-refractivity contribution >= 4 is 17.4 Å². The number of hydrogen-bond donors (Lipinski definition) is 1. The summed E-state index contributed by atoms with van der Waals surface area (Å²) >= 11 is 1.74. The molecule has 3 nitrogen and oxygen atoms in total. The van der Waals surface area contributed by atoms with Crippen molar-refractivity contribution in [3.05, 3.63) is 72.6 Å². The van der Waals surface area contributed by atoms with E-state index in [-0.39, 0.29) is 0 Å². The molecule has 0 atom stereocenters. The van der Waals surface area contributed by atoms with Gasteiger partial charge in [0.15, 0.2) is 0 Å². The number of fused-ring (bicyclic) bond motifs is 2. The third-order valence-corrected chi connectivity index (χ3v) is 4.57. The number of hydrogen-bond acceptors (Lipinski definition) is 4. The normalized spacial score (nSPS) is 12.0. The van der Waals surface area contributed by atoms with Gasteiger partial charge in [-0.25, -0.2) is 0 Å². The third kappa shape index (κ3) is 2.65. The van der Waals surface area contributed by atoms with E-state index in [0.717, 1.165) is 39.1 Å². The van der Waals surface area contributed by atoms with Crippen molar-refractivity contribution < 1.29 is 4.74 Å². The Morgan fingerprint density at radius 1 is 0.955 bits per heavy atom. The van der Waals surface area contributed by atoms with Gasteiger partial charge in [0.1, 0.15) is 11.5 Å². The molecular weight excluding hydrogens is 292 g/mol. The summed E-state index contributed by atoms with van der Waals surface area (Å²) < 4.78 is 6.00. The van der Waals surface area contributed by atoms with Gasteiger partial charge in [0, 0.05) is 30.7 Å². The Hall–Kier alpha value is -2.46. The van der Waals surface area contributed by atoms with Crippen LogP contribution in [0.25, 0.3) is 0 Å². The lowest BCUT2D eigenvalue weighted by molar-refractivity contribution is 0.455. The van der Waals surface area contributed by atoms with Gasteiger partial charge in [-0.1, -0.05) is 30.0 Å². The number of para-hydroxylation sites is 1. The summed E-state index contributed by atoms with van der Waals surface area (Å²) in [6, 6.07) is 18.3. The topological polar surface area (TPSA) is 34.2 Å². The Morgan fingerprint density at radius 3 is 2.77 bits per heavy atom. The number of aromatic nitrogens is 1. The van der Waals surface area contributed by atoms with Crippen LogP contribution in [0.5, 0.6) is 11.5 Å². The second-order valence-electron chi connectivity index (χ2n) is 5.03. The van der Waals surface area contributed by atoms with Crippen LogP contribution < -0.4 is 10.1 Å². The summed E-state index contributed by atoms with van der Waals surface area (Å²) in [5, 5.41) is 3.41. The average Bonchev–Trinajstić information content (AvgIpc) is 2.59. The van der Waals surface area contributed by atoms with E-state index >= 15 is 0 Å². The number of nitrogens with one attached hydrogen (secondary N) is 1. The van der Waals surface area contributed by atoms with E-state index in [9.17, 15) is 0 Å². The zero-order chi connectivity index (χ0) is 14.8. The highest BCUT2D eigenvalue weighted by Crippen LogP contribution is 2.47. The van der Waals surface area contributed by atoms with E-state index in [2.05, 4.69) is 40.6 Å². The number of rotatable bonds is 3. The molecule has 0 aliphatic carbocycles. The highest BCUT2D eigenvalue weighted by Gasteiger charge is 2.17. The van der Waals surface area contributed by atoms with Crippen molar-refractivity contribution in [3.8, 4) is 11.5 Å². The van der Waals surface area contributed by atoms with Gasteiger partial charge >= 0.3 is 0 Å². The van der Waals surface area contributed by atoms with E-state index in [0.29, 0.717) is 0 Å². The van der Waals surface area contributed by atoms with Crippen LogP contribution in [0.4, 0.5) is 5.69 Å². The van der Waals surface area contributed by atoms with Crippen LogP contribution in [0.2, 0.25) is 0 Å². The number of nitrogens with zero attached hydrogens (tertiary/aromatic N) is 1. The molecule has 1 aromatic heterocycles. The largest absolute Gasteiger partial charge is 0.455 e. The van der Waals surface area contributed by atoms with Crippen LogP contribution >= 0.6 is 11.8 Å². The first-order valence-corrected chi connectivity index (χ1v) is 7.92. The zero-order valence-electron chi connectivity index (χ0n) is 11.8. The van der Waals surface area contributed by atoms with Crippen LogP contribution in [0.3, 0.4) is 0 Å². The van der Waals surface area contributed by atoms with E-state index in [1.165, 1.54) is 0 Å². The van der Waals surface area contributed by atoms with E-state index in [4.69, 9.17) is 4.74 Å². The molecule has 108 valence electrons. The number of pyridine rings is 1. The fourth-order valence-electron chi connectivity index (χ4n) is 2.34. The van der Waals surface area contributed by atoms with Gasteiger partial charge in [0.2, 0.25) is 0 Å². The lowest BCUT2D eigenvalue weighted by atomic mass is 10.2. The Labute approximate surface area is 133 Å². The fraction of sp³-hybridized carbons (Fsp3) is 0.0556. The molecule has 3 aromatic rings. The summed E-state index contributed by atoms with van der Waals surface area (Å²) in [5.41, 5.74) is 2.20. The summed E-state index contributed by atoms with van der Waals surface area (Å²) in [4.78, 5) is 6.43. The first kappa shape index (κ1) is 13.2. The quantitative estimate of drug-likeness (QED) is 0.580. The van der Waals surface area contributed by atoms with Crippen LogP contribution in [0.15, 0.2) is 76.8 Å². The minimum Gasteiger partial charge on any atom is -0.455 e. The van der Waals surface area contributed by atoms with Gasteiger partial charge in [-0.2, -0.15) is 0 Å². The second-order valence-corrected chi connectivity index (χ2v) is 6.11. The molecule has 1 aliphatic heterocycles. The minimum absolute atomic E-state index is 0.746. The van der Waals surface area contributed by atoms with Crippen molar-refractivity contribution in [2.24, 2.45) is 0 Å². The zero-order valence-corrected chi connectivity index (χ0v) is 12.6. The summed E-state index contributed by atoms with van der Waals surface area (Å²) in [6.45, 7) is 0.746. The Balaban J connectivity index is 1.53. The number of benzene rings is 2. The number of anilines is 1. The highest BCUT2D eigenvalue weighted by molar-refractivity contribution is 7.99. The lowest BCUT2D eigenvalue weighted by Gasteiger charge is -2.20. The monoisotopic (exact) mass is 306 g/mol. The molecule has 0 spiro atoms. The molecule has 0 amide bonds. The van der Waals surface area contributed by atoms with Gasteiger partial charge in [-0.15, -0.1) is 0 Å². The van der Waals surface area contributed by atoms with Crippen LogP contribution in [-0.2, 0) is 6.54 Å². The van der Waals surface area contributed by atoms with Crippen LogP contribution in [0, 0.1) is 0 Å². The van der Waals surface area contributed by atoms with Gasteiger partial charge in [0.25, 0.3) is 0 Å². The first-order valence-electron chi connectivity index (χ1n) is 7.10. The Bertz CT molecular complexity index is 805. The molecule has 0 unspecified atom stereocenters. The molecule has 0 bridgehead atoms. The molecular formula is C18H14N2OS. The Kier molecular flexibility index (Phi) is 3.45. The maximum Gasteiger partial charge on any atom is 0.143 e. The molecule has 0 radical (unpaired) electrons. The molecule has 0 fully saturated rings. The van der Waals surface area contributed by atoms with Gasteiger partial charge in [-0.05, 0) is 35.9 Å². The molecule has 2 aromatic carbocycles. The predicted molar refractivity (Wildman–Crippen MR) is 88.6 cm³/mol. The van der Waals surface area contributed by atoms with Crippen molar-refractivity contribution in [1.82, 2.24) is 4.98 Å². The van der Waals surface area contributed by atoms with Crippen LogP contribution in [0.1, 0.15) is 5.56 Å². The van der Waals surface area contributed by atoms with E-state index in [1.54, 1.807) is 18.0 Å². The second kappa shape index (κ2) is 5.73. The van der Waals surface area contributed by atoms with Crippen molar-refractivity contribution in [1.29, 1.82) is 0 Å². The van der Waals surface area contributed by atoms with Gasteiger partial charge in [-0.3, -0.25) is 4.98 Å². The standard InChI is InChI=1S/C18H14N2OS/c1-2-6-17-15(5-1)21-16-10-14(7-8-18(16)22-17)20-12-13-4-3-9-19-11-13/h1-11,20H,12H2. The molecule has 1 N–H and O–H groups in total. The molecule has 4 rings (SSSR count). The van der Waals surface area contributed by atoms with Crippen molar-refractivity contribution in [3.63, 3.8) is 0 Å². The number of ether oxygens (including phenoxy) is 1. The van der Waals surface area contributed by atoms with Crippen molar-refractivity contribution in [2.75, 3.05) is 5.32 Å². The fourth-order valence-corrected chi connectivity index (χ4v) is 3.28. The molecule has 1 aliphatic rings. The molecule has 4 heteroatoms. The van der Waals surface area contributed by atoms with Gasteiger partial charge < -0.3 is 10.1 Å². The molecule has 0 saturated heterocycles. The summed E-state index contributed by atoms with van der Waals surface area (Å²) in [5.74, 6) is 1.82. The third-order valence-electron chi connectivity index (χ3n) is 3.45. The van der Waals surface area contributed by atoms with E-state index in [1.807, 2.05) is 30.5 Å². The maximum atomic E-state index is 6.00.